The van der Waals surface area contributed by atoms with Crippen LogP contribution >= 0.6 is 23.2 Å². The van der Waals surface area contributed by atoms with Gasteiger partial charge in [0.05, 0.1) is 5.69 Å². The fourth-order valence-corrected chi connectivity index (χ4v) is 5.07. The molecule has 2 amide bonds. The number of urea groups is 1. The normalized spacial score (nSPS) is 15.5. The number of anilines is 3. The summed E-state index contributed by atoms with van der Waals surface area (Å²) >= 11 is 11.8. The highest BCUT2D eigenvalue weighted by molar-refractivity contribution is 6.30. The molecule has 39 heavy (non-hydrogen) atoms. The number of nitrogens with one attached hydrogen (secondary N) is 2. The van der Waals surface area contributed by atoms with Crippen LogP contribution < -0.4 is 20.4 Å². The van der Waals surface area contributed by atoms with Crippen LogP contribution in [0.1, 0.15) is 0 Å². The summed E-state index contributed by atoms with van der Waals surface area (Å²) < 4.78 is 0. The first-order valence-corrected chi connectivity index (χ1v) is 13.9. The van der Waals surface area contributed by atoms with Crippen LogP contribution in [-0.4, -0.2) is 68.3 Å². The first-order chi connectivity index (χ1) is 19.1. The maximum Gasteiger partial charge on any atom is 0.321 e. The van der Waals surface area contributed by atoms with Gasteiger partial charge in [0.25, 0.3) is 0 Å². The predicted octanol–water partition coefficient (Wildman–Crippen LogP) is 5.99. The van der Waals surface area contributed by atoms with Gasteiger partial charge in [0.1, 0.15) is 0 Å². The number of amides is 2. The second kappa shape index (κ2) is 13.0. The Balaban J connectivity index is 0.000000198. The van der Waals surface area contributed by atoms with Crippen LogP contribution in [0.2, 0.25) is 10.0 Å². The van der Waals surface area contributed by atoms with Gasteiger partial charge >= 0.3 is 6.03 Å². The average molecular weight is 564 g/mol. The molecule has 6 rings (SSSR count). The minimum Gasteiger partial charge on any atom is -0.369 e. The number of hydrogen-bond donors (Lipinski definition) is 2. The van der Waals surface area contributed by atoms with E-state index in [2.05, 4.69) is 37.6 Å². The fourth-order valence-electron chi connectivity index (χ4n) is 4.82. The molecule has 1 aromatic heterocycles. The van der Waals surface area contributed by atoms with E-state index in [1.165, 1.54) is 5.69 Å². The van der Waals surface area contributed by atoms with E-state index in [4.69, 9.17) is 23.2 Å². The molecule has 3 aromatic carbocycles. The number of carbonyl (C=O) groups excluding carboxylic acids is 1. The number of aromatic nitrogens is 1. The van der Waals surface area contributed by atoms with E-state index >= 15 is 0 Å². The molecule has 2 fully saturated rings. The van der Waals surface area contributed by atoms with Crippen molar-refractivity contribution in [3.63, 3.8) is 0 Å². The maximum atomic E-state index is 12.7. The number of nitrogens with zero attached hydrogens (tertiary/aromatic N) is 4. The largest absolute Gasteiger partial charge is 0.369 e. The first kappa shape index (κ1) is 27.1. The van der Waals surface area contributed by atoms with E-state index < -0.39 is 0 Å². The molecule has 4 aromatic rings. The van der Waals surface area contributed by atoms with Gasteiger partial charge in [0, 0.05) is 96.9 Å². The molecular weight excluding hydrogens is 531 g/mol. The zero-order valence-corrected chi connectivity index (χ0v) is 23.2. The number of carbonyl (C=O) groups is 1. The summed E-state index contributed by atoms with van der Waals surface area (Å²) in [7, 11) is 0. The topological polar surface area (TPSA) is 63.7 Å². The van der Waals surface area contributed by atoms with Crippen LogP contribution in [0.25, 0.3) is 10.8 Å². The van der Waals surface area contributed by atoms with Crippen LogP contribution in [0, 0.1) is 0 Å². The number of piperazine rings is 2. The molecule has 0 spiro atoms. The van der Waals surface area contributed by atoms with Gasteiger partial charge in [-0.3, -0.25) is 4.98 Å². The Labute approximate surface area is 239 Å². The summed E-state index contributed by atoms with van der Waals surface area (Å²) in [5, 5.41) is 9.91. The van der Waals surface area contributed by atoms with Gasteiger partial charge in [0.15, 0.2) is 0 Å². The van der Waals surface area contributed by atoms with Gasteiger partial charge < -0.3 is 25.3 Å². The lowest BCUT2D eigenvalue weighted by Crippen LogP contribution is -2.50. The summed E-state index contributed by atoms with van der Waals surface area (Å²) in [6, 6.07) is 23.6. The van der Waals surface area contributed by atoms with Crippen molar-refractivity contribution in [3.8, 4) is 0 Å². The lowest BCUT2D eigenvalue weighted by molar-refractivity contribution is 0.208. The van der Waals surface area contributed by atoms with Crippen LogP contribution in [-0.2, 0) is 0 Å². The van der Waals surface area contributed by atoms with E-state index in [9.17, 15) is 4.79 Å². The van der Waals surface area contributed by atoms with Gasteiger partial charge in [0.2, 0.25) is 0 Å². The lowest BCUT2D eigenvalue weighted by Gasteiger charge is -2.36. The van der Waals surface area contributed by atoms with Crippen LogP contribution in [0.3, 0.4) is 0 Å². The Hall–Kier alpha value is -3.52. The highest BCUT2D eigenvalue weighted by Crippen LogP contribution is 2.24. The second-order valence-corrected chi connectivity index (χ2v) is 10.4. The molecule has 2 saturated heterocycles. The number of hydrogen-bond acceptors (Lipinski definition) is 5. The fraction of sp³-hybridized carbons (Fsp3) is 0.267. The monoisotopic (exact) mass is 562 g/mol. The molecular formula is C30H32Cl2N6O. The summed E-state index contributed by atoms with van der Waals surface area (Å²) in [6.45, 7) is 7.28. The van der Waals surface area contributed by atoms with Crippen molar-refractivity contribution in [2.45, 2.75) is 0 Å². The van der Waals surface area contributed by atoms with Crippen molar-refractivity contribution in [2.75, 3.05) is 67.5 Å². The van der Waals surface area contributed by atoms with Crippen molar-refractivity contribution in [1.82, 2.24) is 15.2 Å². The zero-order chi connectivity index (χ0) is 27.0. The summed E-state index contributed by atoms with van der Waals surface area (Å²) in [6.07, 6.45) is 3.54. The highest BCUT2D eigenvalue weighted by atomic mass is 35.5. The number of benzene rings is 3. The molecule has 3 heterocycles. The van der Waals surface area contributed by atoms with Crippen molar-refractivity contribution < 1.29 is 4.79 Å². The third-order valence-corrected chi connectivity index (χ3v) is 7.49. The molecule has 0 radical (unpaired) electrons. The Morgan fingerprint density at radius 2 is 1.33 bits per heavy atom. The molecule has 0 unspecified atom stereocenters. The second-order valence-electron chi connectivity index (χ2n) is 9.50. The van der Waals surface area contributed by atoms with E-state index in [0.29, 0.717) is 13.1 Å². The molecule has 2 N–H and O–H groups in total. The Bertz CT molecular complexity index is 1360. The third kappa shape index (κ3) is 7.12. The molecule has 0 bridgehead atoms. The van der Waals surface area contributed by atoms with Crippen molar-refractivity contribution in [3.05, 3.63) is 95.2 Å². The Morgan fingerprint density at radius 1 is 0.744 bits per heavy atom. The molecule has 0 saturated carbocycles. The molecule has 0 atom stereocenters. The van der Waals surface area contributed by atoms with Gasteiger partial charge in [-0.1, -0.05) is 35.3 Å². The quantitative estimate of drug-likeness (QED) is 0.321. The first-order valence-electron chi connectivity index (χ1n) is 13.2. The molecule has 2 aliphatic heterocycles. The van der Waals surface area contributed by atoms with Crippen molar-refractivity contribution >= 4 is 57.1 Å². The van der Waals surface area contributed by atoms with Crippen LogP contribution in [0.5, 0.6) is 0 Å². The minimum absolute atomic E-state index is 0.0648. The summed E-state index contributed by atoms with van der Waals surface area (Å²) in [4.78, 5) is 23.3. The van der Waals surface area contributed by atoms with Crippen molar-refractivity contribution in [2.24, 2.45) is 0 Å². The highest BCUT2D eigenvalue weighted by Gasteiger charge is 2.21. The standard InChI is InChI=1S/C20H19ClN4O.C10H13ClN2/c21-16-4-6-17(7-5-16)24-10-12-25(13-11-24)20(26)23-19-3-1-2-15-14-22-9-8-18(15)19;11-9-1-3-10(4-2-9)13-7-5-12-6-8-13/h1-9,14H,10-13H2,(H,23,26);1-4,12H,5-8H2. The lowest BCUT2D eigenvalue weighted by atomic mass is 10.1. The number of halogens is 2. The molecule has 2 aliphatic rings. The van der Waals surface area contributed by atoms with E-state index in [1.807, 2.05) is 65.6 Å². The molecule has 0 aliphatic carbocycles. The number of rotatable bonds is 3. The van der Waals surface area contributed by atoms with Gasteiger partial charge in [-0.05, 0) is 60.7 Å². The van der Waals surface area contributed by atoms with E-state index in [-0.39, 0.29) is 6.03 Å². The summed E-state index contributed by atoms with van der Waals surface area (Å²) in [5.41, 5.74) is 3.22. The predicted molar refractivity (Wildman–Crippen MR) is 163 cm³/mol. The smallest absolute Gasteiger partial charge is 0.321 e. The number of fused-ring (bicyclic) bond motifs is 1. The van der Waals surface area contributed by atoms with Gasteiger partial charge in [-0.2, -0.15) is 0 Å². The van der Waals surface area contributed by atoms with E-state index in [0.717, 1.165) is 71.5 Å². The van der Waals surface area contributed by atoms with Gasteiger partial charge in [-0.15, -0.1) is 0 Å². The summed E-state index contributed by atoms with van der Waals surface area (Å²) in [5.74, 6) is 0. The average Bonchev–Trinajstić information content (AvgIpc) is 2.99. The number of pyridine rings is 1. The Morgan fingerprint density at radius 3 is 1.95 bits per heavy atom. The van der Waals surface area contributed by atoms with Crippen molar-refractivity contribution in [1.29, 1.82) is 0 Å². The van der Waals surface area contributed by atoms with Crippen LogP contribution in [0.15, 0.2) is 85.2 Å². The minimum atomic E-state index is -0.0648. The SMILES string of the molecule is Clc1ccc(N2CCNCC2)cc1.O=C(Nc1cccc2cnccc12)N1CCN(c2ccc(Cl)cc2)CC1. The molecule has 9 heteroatoms. The third-order valence-electron chi connectivity index (χ3n) is 6.99. The van der Waals surface area contributed by atoms with Gasteiger partial charge in [-0.25, -0.2) is 4.79 Å². The molecule has 7 nitrogen and oxygen atoms in total. The van der Waals surface area contributed by atoms with Crippen LogP contribution in [0.4, 0.5) is 21.9 Å². The maximum absolute atomic E-state index is 12.7. The zero-order valence-electron chi connectivity index (χ0n) is 21.7. The Kier molecular flexibility index (Phi) is 9.04. The molecule has 202 valence electrons. The van der Waals surface area contributed by atoms with E-state index in [1.54, 1.807) is 12.4 Å².